The largest absolute Gasteiger partial charge is 0.489 e. The van der Waals surface area contributed by atoms with Crippen molar-refractivity contribution in [2.45, 2.75) is 13.2 Å². The Kier molecular flexibility index (Phi) is 7.80. The van der Waals surface area contributed by atoms with Gasteiger partial charge < -0.3 is 19.7 Å². The number of benzene rings is 4. The third kappa shape index (κ3) is 6.39. The number of ether oxygens (including phenoxy) is 2. The van der Waals surface area contributed by atoms with Crippen molar-refractivity contribution >= 4 is 17.3 Å². The van der Waals surface area contributed by atoms with Crippen LogP contribution in [0.5, 0.6) is 11.5 Å². The molecule has 0 fully saturated rings. The van der Waals surface area contributed by atoms with Crippen LogP contribution in [-0.4, -0.2) is 20.1 Å². The second-order valence-corrected chi connectivity index (χ2v) is 7.80. The summed E-state index contributed by atoms with van der Waals surface area (Å²) in [5.74, 6) is 2.38. The fourth-order valence-electron chi connectivity index (χ4n) is 3.42. The Morgan fingerprint density at radius 3 is 1.62 bits per heavy atom. The molecule has 0 aliphatic heterocycles. The molecule has 0 amide bonds. The molecule has 4 rings (SSSR count). The van der Waals surface area contributed by atoms with Crippen LogP contribution in [-0.2, 0) is 13.2 Å². The summed E-state index contributed by atoms with van der Waals surface area (Å²) < 4.78 is 11.8. The average molecular weight is 452 g/mol. The molecule has 0 bridgehead atoms. The summed E-state index contributed by atoms with van der Waals surface area (Å²) in [6.07, 6.45) is 0. The van der Waals surface area contributed by atoms with Gasteiger partial charge in [-0.25, -0.2) is 0 Å². The van der Waals surface area contributed by atoms with Crippen LogP contribution in [0.4, 0.5) is 11.4 Å². The number of aliphatic imine (C=N–C) groups is 1. The highest BCUT2D eigenvalue weighted by molar-refractivity contribution is 6.05. The predicted octanol–water partition coefficient (Wildman–Crippen LogP) is 6.38. The van der Waals surface area contributed by atoms with E-state index in [0.717, 1.165) is 40.0 Å². The molecular weight excluding hydrogens is 422 g/mol. The smallest absolute Gasteiger partial charge is 0.202 e. The van der Waals surface area contributed by atoms with E-state index in [1.54, 1.807) is 7.05 Å². The molecule has 0 unspecified atom stereocenters. The molecule has 0 aromatic heterocycles. The summed E-state index contributed by atoms with van der Waals surface area (Å²) >= 11 is 0. The van der Waals surface area contributed by atoms with E-state index in [4.69, 9.17) is 9.47 Å². The first-order valence-corrected chi connectivity index (χ1v) is 11.2. The lowest BCUT2D eigenvalue weighted by Crippen LogP contribution is -2.32. The minimum Gasteiger partial charge on any atom is -0.489 e. The molecule has 0 radical (unpaired) electrons. The molecule has 0 aliphatic carbocycles. The summed E-state index contributed by atoms with van der Waals surface area (Å²) in [5, 5.41) is 3.38. The van der Waals surface area contributed by atoms with Gasteiger partial charge in [-0.05, 0) is 59.7 Å². The SMILES string of the molecule is CN=C(Nc1ccc(OCc2ccccc2)cc1)N(C)c1ccc(OCc2ccccc2)cc1. The van der Waals surface area contributed by atoms with Gasteiger partial charge in [-0.1, -0.05) is 60.7 Å². The van der Waals surface area contributed by atoms with Crippen LogP contribution in [0.1, 0.15) is 11.1 Å². The maximum Gasteiger partial charge on any atom is 0.202 e. The average Bonchev–Trinajstić information content (AvgIpc) is 2.91. The van der Waals surface area contributed by atoms with Crippen LogP contribution < -0.4 is 19.7 Å². The zero-order chi connectivity index (χ0) is 23.6. The zero-order valence-electron chi connectivity index (χ0n) is 19.5. The van der Waals surface area contributed by atoms with Crippen LogP contribution in [0.3, 0.4) is 0 Å². The van der Waals surface area contributed by atoms with Gasteiger partial charge in [0.05, 0.1) is 0 Å². The third-order valence-electron chi connectivity index (χ3n) is 5.36. The van der Waals surface area contributed by atoms with Crippen molar-refractivity contribution in [3.05, 3.63) is 120 Å². The minimum absolute atomic E-state index is 0.545. The molecule has 0 atom stereocenters. The van der Waals surface area contributed by atoms with Crippen LogP contribution in [0, 0.1) is 0 Å². The molecule has 0 aliphatic rings. The number of hydrogen-bond acceptors (Lipinski definition) is 3. The zero-order valence-corrected chi connectivity index (χ0v) is 19.5. The first-order chi connectivity index (χ1) is 16.7. The Hall–Kier alpha value is -4.25. The maximum absolute atomic E-state index is 5.89. The monoisotopic (exact) mass is 451 g/mol. The van der Waals surface area contributed by atoms with E-state index >= 15 is 0 Å². The van der Waals surface area contributed by atoms with Crippen LogP contribution in [0.2, 0.25) is 0 Å². The molecule has 0 heterocycles. The Balaban J connectivity index is 1.32. The quantitative estimate of drug-likeness (QED) is 0.249. The van der Waals surface area contributed by atoms with Gasteiger partial charge in [-0.15, -0.1) is 0 Å². The lowest BCUT2D eigenvalue weighted by atomic mass is 10.2. The Morgan fingerprint density at radius 1 is 0.676 bits per heavy atom. The van der Waals surface area contributed by atoms with Crippen LogP contribution >= 0.6 is 0 Å². The molecule has 1 N–H and O–H groups in total. The second kappa shape index (κ2) is 11.6. The Morgan fingerprint density at radius 2 is 1.15 bits per heavy atom. The molecule has 4 aromatic carbocycles. The summed E-state index contributed by atoms with van der Waals surface area (Å²) in [6, 6.07) is 36.2. The van der Waals surface area contributed by atoms with Gasteiger partial charge in [0, 0.05) is 25.5 Å². The molecule has 5 nitrogen and oxygen atoms in total. The van der Waals surface area contributed by atoms with Gasteiger partial charge in [-0.3, -0.25) is 4.99 Å². The molecule has 34 heavy (non-hydrogen) atoms. The molecule has 0 spiro atoms. The summed E-state index contributed by atoms with van der Waals surface area (Å²) in [5.41, 5.74) is 4.22. The van der Waals surface area contributed by atoms with Gasteiger partial charge in [0.1, 0.15) is 24.7 Å². The van der Waals surface area contributed by atoms with Gasteiger partial charge in [0.2, 0.25) is 5.96 Å². The van der Waals surface area contributed by atoms with E-state index in [0.29, 0.717) is 13.2 Å². The van der Waals surface area contributed by atoms with E-state index in [1.165, 1.54) is 0 Å². The first-order valence-electron chi connectivity index (χ1n) is 11.2. The number of rotatable bonds is 8. The Labute approximate surface area is 201 Å². The standard InChI is InChI=1S/C29H29N3O2/c1-30-29(31-25-13-17-27(18-14-25)33-21-23-9-5-3-6-10-23)32(2)26-15-19-28(20-16-26)34-22-24-11-7-4-8-12-24/h3-20H,21-22H2,1-2H3,(H,30,31). The lowest BCUT2D eigenvalue weighted by molar-refractivity contribution is 0.306. The third-order valence-corrected chi connectivity index (χ3v) is 5.36. The van der Waals surface area contributed by atoms with Gasteiger partial charge in [0.25, 0.3) is 0 Å². The van der Waals surface area contributed by atoms with Crippen molar-refractivity contribution in [1.82, 2.24) is 0 Å². The fraction of sp³-hybridized carbons (Fsp3) is 0.138. The molecule has 0 saturated heterocycles. The highest BCUT2D eigenvalue weighted by atomic mass is 16.5. The van der Waals surface area contributed by atoms with E-state index in [2.05, 4.69) is 34.6 Å². The predicted molar refractivity (Wildman–Crippen MR) is 140 cm³/mol. The van der Waals surface area contributed by atoms with Crippen molar-refractivity contribution < 1.29 is 9.47 Å². The van der Waals surface area contributed by atoms with Crippen LogP contribution in [0.25, 0.3) is 0 Å². The van der Waals surface area contributed by atoms with E-state index in [-0.39, 0.29) is 0 Å². The van der Waals surface area contributed by atoms with Gasteiger partial charge in [-0.2, -0.15) is 0 Å². The lowest BCUT2D eigenvalue weighted by Gasteiger charge is -2.22. The van der Waals surface area contributed by atoms with Crippen molar-refractivity contribution in [1.29, 1.82) is 0 Å². The Bertz CT molecular complexity index is 1180. The number of anilines is 2. The number of nitrogens with zero attached hydrogens (tertiary/aromatic N) is 2. The first kappa shape index (κ1) is 22.9. The van der Waals surface area contributed by atoms with Crippen LogP contribution in [0.15, 0.2) is 114 Å². The summed E-state index contributed by atoms with van der Waals surface area (Å²) in [7, 11) is 3.75. The van der Waals surface area contributed by atoms with Crippen molar-refractivity contribution in [3.8, 4) is 11.5 Å². The maximum atomic E-state index is 5.89. The molecule has 5 heteroatoms. The van der Waals surface area contributed by atoms with E-state index < -0.39 is 0 Å². The van der Waals surface area contributed by atoms with Crippen molar-refractivity contribution in [2.75, 3.05) is 24.3 Å². The normalized spacial score (nSPS) is 11.1. The summed E-state index contributed by atoms with van der Waals surface area (Å²) in [4.78, 5) is 6.43. The van der Waals surface area contributed by atoms with E-state index in [9.17, 15) is 0 Å². The highest BCUT2D eigenvalue weighted by Crippen LogP contribution is 2.22. The van der Waals surface area contributed by atoms with Crippen molar-refractivity contribution in [3.63, 3.8) is 0 Å². The highest BCUT2D eigenvalue weighted by Gasteiger charge is 2.09. The molecular formula is C29H29N3O2. The minimum atomic E-state index is 0.545. The molecule has 4 aromatic rings. The number of nitrogens with one attached hydrogen (secondary N) is 1. The summed E-state index contributed by atoms with van der Waals surface area (Å²) in [6.45, 7) is 1.09. The number of hydrogen-bond donors (Lipinski definition) is 1. The molecule has 172 valence electrons. The van der Waals surface area contributed by atoms with E-state index in [1.807, 2.05) is 96.9 Å². The van der Waals surface area contributed by atoms with Crippen molar-refractivity contribution in [2.24, 2.45) is 4.99 Å². The van der Waals surface area contributed by atoms with Gasteiger partial charge >= 0.3 is 0 Å². The molecule has 0 saturated carbocycles. The fourth-order valence-corrected chi connectivity index (χ4v) is 3.42. The topological polar surface area (TPSA) is 46.1 Å². The van der Waals surface area contributed by atoms with Gasteiger partial charge in [0.15, 0.2) is 0 Å². The number of guanidine groups is 1. The second-order valence-electron chi connectivity index (χ2n) is 7.80.